The van der Waals surface area contributed by atoms with Crippen LogP contribution in [0.5, 0.6) is 0 Å². The lowest BCUT2D eigenvalue weighted by Crippen LogP contribution is -2.66. The van der Waals surface area contributed by atoms with Gasteiger partial charge in [0, 0.05) is 29.5 Å². The predicted octanol–water partition coefficient (Wildman–Crippen LogP) is 8.52. The largest absolute Gasteiger partial charge is 0.481 e. The van der Waals surface area contributed by atoms with Crippen molar-refractivity contribution >= 4 is 23.3 Å². The van der Waals surface area contributed by atoms with Crippen molar-refractivity contribution in [2.24, 2.45) is 56.2 Å². The summed E-state index contributed by atoms with van der Waals surface area (Å²) >= 11 is 0. The molecule has 8 atom stereocenters. The van der Waals surface area contributed by atoms with Crippen LogP contribution >= 0.6 is 0 Å². The van der Waals surface area contributed by atoms with Gasteiger partial charge in [0.05, 0.1) is 24.1 Å². The Morgan fingerprint density at radius 3 is 2.25 bits per heavy atom. The fourth-order valence-electron chi connectivity index (χ4n) is 12.7. The molecule has 4 fully saturated rings. The first kappa shape index (κ1) is 33.3. The number of nitrogens with zero attached hydrogens (tertiary/aromatic N) is 2. The first-order valence-corrected chi connectivity index (χ1v) is 18.2. The van der Waals surface area contributed by atoms with Gasteiger partial charge in [-0.2, -0.15) is 5.10 Å². The third-order valence-electron chi connectivity index (χ3n) is 15.6. The van der Waals surface area contributed by atoms with Gasteiger partial charge in [-0.25, -0.2) is 0 Å². The van der Waals surface area contributed by atoms with E-state index in [4.69, 9.17) is 5.10 Å². The maximum Gasteiger partial charge on any atom is 0.310 e. The van der Waals surface area contributed by atoms with Gasteiger partial charge in [0.15, 0.2) is 0 Å². The van der Waals surface area contributed by atoms with Crippen LogP contribution in [0.1, 0.15) is 117 Å². The second kappa shape index (κ2) is 10.6. The number of carboxylic acids is 2. The van der Waals surface area contributed by atoms with Crippen LogP contribution < -0.4 is 0 Å². The maximum absolute atomic E-state index is 13.6. The summed E-state index contributed by atoms with van der Waals surface area (Å²) in [5.74, 6) is -2.28. The molecule has 5 aliphatic carbocycles. The zero-order valence-corrected chi connectivity index (χ0v) is 29.9. The van der Waals surface area contributed by atoms with E-state index >= 15 is 0 Å². The second-order valence-electron chi connectivity index (χ2n) is 18.3. The molecule has 1 heterocycles. The summed E-state index contributed by atoms with van der Waals surface area (Å²) < 4.78 is 1.96. The van der Waals surface area contributed by atoms with Crippen molar-refractivity contribution in [2.75, 3.05) is 0 Å². The normalized spacial score (nSPS) is 39.9. The van der Waals surface area contributed by atoms with Crippen LogP contribution in [0, 0.1) is 56.2 Å². The van der Waals surface area contributed by atoms with Crippen LogP contribution in [-0.4, -0.2) is 37.7 Å². The third kappa shape index (κ3) is 4.37. The highest BCUT2D eigenvalue weighted by atomic mass is 16.4. The molecular formula is C41H54N2O5. The van der Waals surface area contributed by atoms with Crippen molar-refractivity contribution in [3.05, 3.63) is 59.4 Å². The molecule has 1 aromatic heterocycles. The molecule has 7 heteroatoms. The average molecular weight is 655 g/mol. The number of rotatable bonds is 5. The summed E-state index contributed by atoms with van der Waals surface area (Å²) in [6.07, 6.45) is 10.4. The Balaban J connectivity index is 1.48. The number of carboxylic acid groups (broad SMARTS) is 2. The number of carbonyl (C=O) groups excluding carboxylic acids is 1. The van der Waals surface area contributed by atoms with E-state index in [1.54, 1.807) is 0 Å². The standard InChI is InChI=1S/C41H54N2O5/c1-36(2)17-19-41(35(47)48)20-18-40(7)31(32(41)33(36)34(45)46)27(26-22-42-43(24-26)23-25-11-9-8-10-12-25)21-29-38(5)15-14-30(44)37(3,4)28(38)13-16-39(29,40)6/h8-12,22,24,28-29,32-33H,13-21,23H2,1-7H3,(H,45,46)(H,47,48). The Labute approximate surface area is 285 Å². The summed E-state index contributed by atoms with van der Waals surface area (Å²) in [6, 6.07) is 10.2. The maximum atomic E-state index is 13.6. The Hall–Kier alpha value is -3.22. The van der Waals surface area contributed by atoms with Crippen molar-refractivity contribution in [3.63, 3.8) is 0 Å². The van der Waals surface area contributed by atoms with Gasteiger partial charge in [-0.1, -0.05) is 84.4 Å². The zero-order valence-electron chi connectivity index (χ0n) is 29.9. The molecule has 2 N–H and O–H groups in total. The number of Topliss-reactive ketones (excluding diaryl/α,β-unsaturated/α-hetero) is 1. The number of hydrogen-bond acceptors (Lipinski definition) is 4. The molecule has 0 bridgehead atoms. The van der Waals surface area contributed by atoms with Crippen LogP contribution in [0.15, 0.2) is 48.3 Å². The second-order valence-corrected chi connectivity index (χ2v) is 18.3. The number of allylic oxidation sites excluding steroid dienone is 2. The molecule has 2 aromatic rings. The first-order valence-electron chi connectivity index (χ1n) is 18.2. The van der Waals surface area contributed by atoms with Gasteiger partial charge in [-0.05, 0) is 96.0 Å². The van der Waals surface area contributed by atoms with Crippen LogP contribution in [-0.2, 0) is 20.9 Å². The van der Waals surface area contributed by atoms with Crippen molar-refractivity contribution in [1.82, 2.24) is 9.78 Å². The average Bonchev–Trinajstić information content (AvgIpc) is 3.47. The molecule has 258 valence electrons. The summed E-state index contributed by atoms with van der Waals surface area (Å²) in [4.78, 5) is 40.4. The molecule has 0 radical (unpaired) electrons. The minimum absolute atomic E-state index is 0.0798. The number of ketones is 1. The summed E-state index contributed by atoms with van der Waals surface area (Å²) in [6.45, 7) is 16.2. The highest BCUT2D eigenvalue weighted by molar-refractivity contribution is 5.86. The van der Waals surface area contributed by atoms with E-state index in [2.05, 4.69) is 52.9 Å². The Morgan fingerprint density at radius 2 is 1.58 bits per heavy atom. The van der Waals surface area contributed by atoms with E-state index in [0.29, 0.717) is 38.0 Å². The first-order chi connectivity index (χ1) is 22.4. The summed E-state index contributed by atoms with van der Waals surface area (Å²) in [7, 11) is 0. The molecule has 4 saturated carbocycles. The molecule has 0 amide bonds. The van der Waals surface area contributed by atoms with E-state index in [0.717, 1.165) is 54.4 Å². The van der Waals surface area contributed by atoms with Crippen molar-refractivity contribution in [3.8, 4) is 0 Å². The third-order valence-corrected chi connectivity index (χ3v) is 15.6. The number of fused-ring (bicyclic) bond motifs is 7. The van der Waals surface area contributed by atoms with Crippen LogP contribution in [0.3, 0.4) is 0 Å². The van der Waals surface area contributed by atoms with E-state index < -0.39 is 45.4 Å². The number of hydrogen-bond donors (Lipinski definition) is 2. The Morgan fingerprint density at radius 1 is 0.896 bits per heavy atom. The minimum atomic E-state index is -1.12. The van der Waals surface area contributed by atoms with Gasteiger partial charge in [-0.3, -0.25) is 19.1 Å². The lowest BCUT2D eigenvalue weighted by Gasteiger charge is -2.71. The number of aromatic nitrogens is 2. The topological polar surface area (TPSA) is 109 Å². The Kier molecular flexibility index (Phi) is 7.38. The SMILES string of the molecule is CC1(C)CCC2(C(=O)O)CCC3(C)C(=C(c4cnn(Cc5ccccc5)c4)CC4C5(C)CCC(=O)C(C)(C)C5CCC43C)C2C1C(=O)O. The van der Waals surface area contributed by atoms with Crippen molar-refractivity contribution in [2.45, 2.75) is 113 Å². The molecule has 0 spiro atoms. The number of aliphatic carboxylic acids is 2. The fourth-order valence-corrected chi connectivity index (χ4v) is 12.7. The lowest BCUT2D eigenvalue weighted by atomic mass is 9.32. The van der Waals surface area contributed by atoms with E-state index in [1.165, 1.54) is 0 Å². The van der Waals surface area contributed by atoms with Crippen LogP contribution in [0.2, 0.25) is 0 Å². The predicted molar refractivity (Wildman–Crippen MR) is 185 cm³/mol. The van der Waals surface area contributed by atoms with E-state index in [-0.39, 0.29) is 22.7 Å². The molecule has 48 heavy (non-hydrogen) atoms. The molecule has 7 nitrogen and oxygen atoms in total. The molecule has 8 unspecified atom stereocenters. The monoisotopic (exact) mass is 654 g/mol. The van der Waals surface area contributed by atoms with E-state index in [1.807, 2.05) is 42.9 Å². The van der Waals surface area contributed by atoms with E-state index in [9.17, 15) is 24.6 Å². The van der Waals surface area contributed by atoms with Gasteiger partial charge in [0.2, 0.25) is 0 Å². The minimum Gasteiger partial charge on any atom is -0.481 e. The molecule has 0 aliphatic heterocycles. The number of carbonyl (C=O) groups is 3. The van der Waals surface area contributed by atoms with Gasteiger partial charge >= 0.3 is 11.9 Å². The lowest BCUT2D eigenvalue weighted by molar-refractivity contribution is -0.195. The highest BCUT2D eigenvalue weighted by Crippen LogP contribution is 2.77. The van der Waals surface area contributed by atoms with Gasteiger partial charge in [0.25, 0.3) is 0 Å². The summed E-state index contributed by atoms with van der Waals surface area (Å²) in [5, 5.41) is 27.0. The smallest absolute Gasteiger partial charge is 0.310 e. The molecule has 7 rings (SSSR count). The van der Waals surface area contributed by atoms with Gasteiger partial charge in [0.1, 0.15) is 5.78 Å². The molecule has 5 aliphatic rings. The quantitative estimate of drug-likeness (QED) is 0.335. The fraction of sp³-hybridized carbons (Fsp3) is 0.659. The van der Waals surface area contributed by atoms with Crippen LogP contribution in [0.4, 0.5) is 0 Å². The van der Waals surface area contributed by atoms with Crippen molar-refractivity contribution < 1.29 is 24.6 Å². The molecule has 0 saturated heterocycles. The molecule has 1 aromatic carbocycles. The van der Waals surface area contributed by atoms with Gasteiger partial charge in [-0.15, -0.1) is 0 Å². The van der Waals surface area contributed by atoms with Crippen molar-refractivity contribution in [1.29, 1.82) is 0 Å². The zero-order chi connectivity index (χ0) is 34.7. The summed E-state index contributed by atoms with van der Waals surface area (Å²) in [5.41, 5.74) is 1.60. The van der Waals surface area contributed by atoms with Crippen LogP contribution in [0.25, 0.3) is 5.57 Å². The highest BCUT2D eigenvalue weighted by Gasteiger charge is 2.72. The number of benzene rings is 1. The molecular weight excluding hydrogens is 600 g/mol. The van der Waals surface area contributed by atoms with Gasteiger partial charge < -0.3 is 10.2 Å². The Bertz CT molecular complexity index is 1700.